The standard InChI is InChI=1S/C13H6ClN3O4/c14-13-9-3-1-7(16(18)19)5-11(9)15-12-6-8(17(20)21)2-4-10(12)13/h1-6H. The molecule has 0 radical (unpaired) electrons. The highest BCUT2D eigenvalue weighted by molar-refractivity contribution is 6.40. The Balaban J connectivity index is 2.37. The molecule has 1 heterocycles. The predicted molar refractivity (Wildman–Crippen MR) is 77.6 cm³/mol. The largest absolute Gasteiger partial charge is 0.271 e. The number of pyridine rings is 1. The number of nitrogens with zero attached hydrogens (tertiary/aromatic N) is 3. The third-order valence-corrected chi connectivity index (χ3v) is 3.51. The second-order valence-electron chi connectivity index (χ2n) is 4.34. The first-order valence-electron chi connectivity index (χ1n) is 5.79. The Labute approximate surface area is 122 Å². The molecule has 0 fully saturated rings. The van der Waals surface area contributed by atoms with E-state index < -0.39 is 9.85 Å². The van der Waals surface area contributed by atoms with Crippen LogP contribution in [0.5, 0.6) is 0 Å². The second kappa shape index (κ2) is 4.64. The molecule has 104 valence electrons. The molecule has 7 nitrogen and oxygen atoms in total. The van der Waals surface area contributed by atoms with E-state index in [9.17, 15) is 20.2 Å². The van der Waals surface area contributed by atoms with E-state index in [2.05, 4.69) is 4.98 Å². The molecule has 0 bridgehead atoms. The Bertz CT molecular complexity index is 854. The van der Waals surface area contributed by atoms with Crippen molar-refractivity contribution in [2.45, 2.75) is 0 Å². The molecule has 1 aromatic heterocycles. The fourth-order valence-electron chi connectivity index (χ4n) is 2.10. The maximum atomic E-state index is 10.8. The molecule has 0 aliphatic heterocycles. The SMILES string of the molecule is O=[N+]([O-])c1ccc2c(Cl)c3ccc([N+](=O)[O-])cc3nc2c1. The first kappa shape index (κ1) is 13.2. The zero-order valence-electron chi connectivity index (χ0n) is 10.3. The molecule has 0 unspecified atom stereocenters. The van der Waals surface area contributed by atoms with Crippen LogP contribution < -0.4 is 0 Å². The molecular weight excluding hydrogens is 298 g/mol. The van der Waals surface area contributed by atoms with Gasteiger partial charge in [-0.1, -0.05) is 11.6 Å². The summed E-state index contributed by atoms with van der Waals surface area (Å²) in [6.45, 7) is 0. The molecular formula is C13H6ClN3O4. The van der Waals surface area contributed by atoms with E-state index in [1.165, 1.54) is 36.4 Å². The number of benzene rings is 2. The van der Waals surface area contributed by atoms with Gasteiger partial charge in [0.1, 0.15) is 0 Å². The summed E-state index contributed by atoms with van der Waals surface area (Å²) in [4.78, 5) is 24.7. The van der Waals surface area contributed by atoms with Crippen molar-refractivity contribution in [1.29, 1.82) is 0 Å². The smallest absolute Gasteiger partial charge is 0.258 e. The molecule has 0 saturated heterocycles. The Kier molecular flexibility index (Phi) is 2.91. The molecule has 21 heavy (non-hydrogen) atoms. The zero-order valence-corrected chi connectivity index (χ0v) is 11.1. The van der Waals surface area contributed by atoms with Gasteiger partial charge in [0.05, 0.1) is 25.9 Å². The fraction of sp³-hybridized carbons (Fsp3) is 0. The third-order valence-electron chi connectivity index (χ3n) is 3.10. The third kappa shape index (κ3) is 2.13. The van der Waals surface area contributed by atoms with Gasteiger partial charge in [-0.15, -0.1) is 0 Å². The minimum Gasteiger partial charge on any atom is -0.258 e. The molecule has 0 saturated carbocycles. The van der Waals surface area contributed by atoms with Crippen LogP contribution in [0.1, 0.15) is 0 Å². The van der Waals surface area contributed by atoms with Crippen molar-refractivity contribution in [3.63, 3.8) is 0 Å². The van der Waals surface area contributed by atoms with E-state index in [1.807, 2.05) is 0 Å². The number of halogens is 1. The summed E-state index contributed by atoms with van der Waals surface area (Å²) in [5.74, 6) is 0. The lowest BCUT2D eigenvalue weighted by atomic mass is 10.1. The van der Waals surface area contributed by atoms with Crippen molar-refractivity contribution < 1.29 is 9.85 Å². The van der Waals surface area contributed by atoms with E-state index in [0.29, 0.717) is 26.8 Å². The summed E-state index contributed by atoms with van der Waals surface area (Å²) in [5.41, 5.74) is 0.413. The maximum absolute atomic E-state index is 10.8. The number of aromatic nitrogens is 1. The Hall–Kier alpha value is -2.80. The van der Waals surface area contributed by atoms with Crippen molar-refractivity contribution in [3.05, 3.63) is 61.6 Å². The molecule has 0 N–H and O–H groups in total. The summed E-state index contributed by atoms with van der Waals surface area (Å²) in [6, 6.07) is 8.30. The van der Waals surface area contributed by atoms with Crippen molar-refractivity contribution in [2.24, 2.45) is 0 Å². The van der Waals surface area contributed by atoms with Crippen molar-refractivity contribution >= 4 is 44.8 Å². The van der Waals surface area contributed by atoms with E-state index in [4.69, 9.17) is 11.6 Å². The molecule has 0 aliphatic rings. The molecule has 0 atom stereocenters. The lowest BCUT2D eigenvalue weighted by molar-refractivity contribution is -0.384. The summed E-state index contributed by atoms with van der Waals surface area (Å²) in [7, 11) is 0. The van der Waals surface area contributed by atoms with E-state index >= 15 is 0 Å². The van der Waals surface area contributed by atoms with Crippen molar-refractivity contribution in [3.8, 4) is 0 Å². The monoisotopic (exact) mass is 303 g/mol. The summed E-state index contributed by atoms with van der Waals surface area (Å²) in [5, 5.41) is 23.1. The van der Waals surface area contributed by atoms with Crippen molar-refractivity contribution in [1.82, 2.24) is 4.98 Å². The van der Waals surface area contributed by atoms with Crippen LogP contribution in [0.15, 0.2) is 36.4 Å². The maximum Gasteiger partial charge on any atom is 0.271 e. The van der Waals surface area contributed by atoms with Crippen LogP contribution in [0.3, 0.4) is 0 Å². The molecule has 2 aromatic carbocycles. The molecule has 8 heteroatoms. The number of non-ortho nitro benzene ring substituents is 2. The quantitative estimate of drug-likeness (QED) is 0.406. The summed E-state index contributed by atoms with van der Waals surface area (Å²) >= 11 is 6.26. The fourth-order valence-corrected chi connectivity index (χ4v) is 2.42. The van der Waals surface area contributed by atoms with Gasteiger partial charge >= 0.3 is 0 Å². The van der Waals surface area contributed by atoms with Gasteiger partial charge in [0.25, 0.3) is 11.4 Å². The normalized spacial score (nSPS) is 10.9. The molecule has 0 spiro atoms. The van der Waals surface area contributed by atoms with Crippen LogP contribution in [0.25, 0.3) is 21.8 Å². The highest BCUT2D eigenvalue weighted by atomic mass is 35.5. The van der Waals surface area contributed by atoms with Gasteiger partial charge in [-0.3, -0.25) is 20.2 Å². The van der Waals surface area contributed by atoms with E-state index in [-0.39, 0.29) is 11.4 Å². The number of rotatable bonds is 2. The Morgan fingerprint density at radius 3 is 1.67 bits per heavy atom. The van der Waals surface area contributed by atoms with Gasteiger partial charge in [0, 0.05) is 35.0 Å². The lowest BCUT2D eigenvalue weighted by Gasteiger charge is -2.05. The number of fused-ring (bicyclic) bond motifs is 2. The van der Waals surface area contributed by atoms with Gasteiger partial charge < -0.3 is 0 Å². The molecule has 0 aliphatic carbocycles. The highest BCUT2D eigenvalue weighted by Crippen LogP contribution is 2.33. The lowest BCUT2D eigenvalue weighted by Crippen LogP contribution is -1.92. The number of hydrogen-bond donors (Lipinski definition) is 0. The van der Waals surface area contributed by atoms with E-state index in [0.717, 1.165) is 0 Å². The van der Waals surface area contributed by atoms with Gasteiger partial charge in [-0.2, -0.15) is 0 Å². The van der Waals surface area contributed by atoms with Crippen LogP contribution in [0, 0.1) is 20.2 Å². The average Bonchev–Trinajstić information content (AvgIpc) is 2.46. The first-order chi connectivity index (χ1) is 9.97. The Morgan fingerprint density at radius 1 is 0.857 bits per heavy atom. The van der Waals surface area contributed by atoms with Gasteiger partial charge in [-0.05, 0) is 12.1 Å². The zero-order chi connectivity index (χ0) is 15.1. The van der Waals surface area contributed by atoms with Gasteiger partial charge in [0.2, 0.25) is 0 Å². The van der Waals surface area contributed by atoms with Gasteiger partial charge in [0.15, 0.2) is 0 Å². The van der Waals surface area contributed by atoms with Gasteiger partial charge in [-0.25, -0.2) is 4.98 Å². The highest BCUT2D eigenvalue weighted by Gasteiger charge is 2.14. The summed E-state index contributed by atoms with van der Waals surface area (Å²) in [6.07, 6.45) is 0. The minimum absolute atomic E-state index is 0.115. The number of nitro benzene ring substituents is 2. The molecule has 3 aromatic rings. The average molecular weight is 304 g/mol. The first-order valence-corrected chi connectivity index (χ1v) is 6.17. The molecule has 0 amide bonds. The van der Waals surface area contributed by atoms with Crippen LogP contribution >= 0.6 is 11.6 Å². The van der Waals surface area contributed by atoms with Crippen LogP contribution in [-0.4, -0.2) is 14.8 Å². The number of nitro groups is 2. The number of hydrogen-bond acceptors (Lipinski definition) is 5. The minimum atomic E-state index is -0.535. The molecule has 3 rings (SSSR count). The Morgan fingerprint density at radius 2 is 1.29 bits per heavy atom. The second-order valence-corrected chi connectivity index (χ2v) is 4.72. The van der Waals surface area contributed by atoms with Crippen LogP contribution in [0.4, 0.5) is 11.4 Å². The summed E-state index contributed by atoms with van der Waals surface area (Å²) < 4.78 is 0. The van der Waals surface area contributed by atoms with Crippen LogP contribution in [-0.2, 0) is 0 Å². The van der Waals surface area contributed by atoms with Crippen molar-refractivity contribution in [2.75, 3.05) is 0 Å². The van der Waals surface area contributed by atoms with Crippen LogP contribution in [0.2, 0.25) is 5.02 Å². The predicted octanol–water partition coefficient (Wildman–Crippen LogP) is 3.86. The van der Waals surface area contributed by atoms with E-state index in [1.54, 1.807) is 0 Å². The topological polar surface area (TPSA) is 99.2 Å².